The van der Waals surface area contributed by atoms with Gasteiger partial charge in [0, 0.05) is 13.1 Å². The highest BCUT2D eigenvalue weighted by Gasteiger charge is 2.31. The van der Waals surface area contributed by atoms with E-state index in [9.17, 15) is 5.26 Å². The lowest BCUT2D eigenvalue weighted by atomic mass is 9.79. The first kappa shape index (κ1) is 12.9. The third-order valence-corrected chi connectivity index (χ3v) is 4.31. The number of nitriles is 1. The molecule has 2 aliphatic rings. The van der Waals surface area contributed by atoms with E-state index in [1.165, 1.54) is 25.7 Å². The van der Waals surface area contributed by atoms with E-state index >= 15 is 0 Å². The molecule has 3 heteroatoms. The number of ether oxygens (including phenoxy) is 1. The fraction of sp³-hybridized carbons (Fsp3) is 0.929. The van der Waals surface area contributed by atoms with Crippen molar-refractivity contribution in [2.75, 3.05) is 32.8 Å². The first-order valence-corrected chi connectivity index (χ1v) is 7.06. The summed E-state index contributed by atoms with van der Waals surface area (Å²) in [6, 6.07) is 2.64. The van der Waals surface area contributed by atoms with E-state index in [4.69, 9.17) is 4.74 Å². The van der Waals surface area contributed by atoms with Crippen LogP contribution in [0.1, 0.15) is 44.9 Å². The molecule has 2 fully saturated rings. The Hall–Kier alpha value is -0.590. The lowest BCUT2D eigenvalue weighted by molar-refractivity contribution is 0.0328. The number of hydrogen-bond acceptors (Lipinski definition) is 3. The SMILES string of the molecule is N#CC1(CCN2CCOCC2)CCCCCC1. The zero-order valence-corrected chi connectivity index (χ0v) is 10.8. The molecule has 0 N–H and O–H groups in total. The van der Waals surface area contributed by atoms with Gasteiger partial charge in [0.1, 0.15) is 0 Å². The van der Waals surface area contributed by atoms with Gasteiger partial charge in [0.05, 0.1) is 24.7 Å². The van der Waals surface area contributed by atoms with Crippen LogP contribution in [-0.4, -0.2) is 37.7 Å². The molecule has 1 heterocycles. The molecule has 0 atom stereocenters. The Balaban J connectivity index is 1.83. The van der Waals surface area contributed by atoms with Crippen LogP contribution < -0.4 is 0 Å². The summed E-state index contributed by atoms with van der Waals surface area (Å²) in [5, 5.41) is 9.50. The van der Waals surface area contributed by atoms with Gasteiger partial charge < -0.3 is 4.74 Å². The highest BCUT2D eigenvalue weighted by molar-refractivity contribution is 5.00. The van der Waals surface area contributed by atoms with Crippen LogP contribution in [0.4, 0.5) is 0 Å². The third kappa shape index (κ3) is 3.69. The molecule has 17 heavy (non-hydrogen) atoms. The fourth-order valence-electron chi connectivity index (χ4n) is 3.02. The van der Waals surface area contributed by atoms with Crippen molar-refractivity contribution in [1.29, 1.82) is 5.26 Å². The standard InChI is InChI=1S/C14H24N2O/c15-13-14(5-3-1-2-4-6-14)7-8-16-9-11-17-12-10-16/h1-12H2. The van der Waals surface area contributed by atoms with Crippen LogP contribution in [0, 0.1) is 16.7 Å². The third-order valence-electron chi connectivity index (χ3n) is 4.31. The average molecular weight is 236 g/mol. The summed E-state index contributed by atoms with van der Waals surface area (Å²) in [5.74, 6) is 0. The number of rotatable bonds is 3. The lowest BCUT2D eigenvalue weighted by Gasteiger charge is -2.31. The van der Waals surface area contributed by atoms with Crippen molar-refractivity contribution in [3.05, 3.63) is 0 Å². The number of hydrogen-bond donors (Lipinski definition) is 0. The van der Waals surface area contributed by atoms with Crippen LogP contribution in [-0.2, 0) is 4.74 Å². The van der Waals surface area contributed by atoms with E-state index in [1.807, 2.05) is 0 Å². The molecule has 1 aliphatic carbocycles. The molecule has 0 bridgehead atoms. The number of nitrogens with zero attached hydrogens (tertiary/aromatic N) is 2. The molecule has 0 radical (unpaired) electrons. The van der Waals surface area contributed by atoms with Gasteiger partial charge in [0.25, 0.3) is 0 Å². The molecule has 3 nitrogen and oxygen atoms in total. The summed E-state index contributed by atoms with van der Waals surface area (Å²) < 4.78 is 5.36. The second-order valence-corrected chi connectivity index (χ2v) is 5.51. The molecule has 2 rings (SSSR count). The molecule has 1 aliphatic heterocycles. The van der Waals surface area contributed by atoms with Crippen molar-refractivity contribution in [3.8, 4) is 6.07 Å². The summed E-state index contributed by atoms with van der Waals surface area (Å²) in [4.78, 5) is 2.45. The van der Waals surface area contributed by atoms with Crippen molar-refractivity contribution < 1.29 is 4.74 Å². The van der Waals surface area contributed by atoms with Crippen LogP contribution in [0.15, 0.2) is 0 Å². The van der Waals surface area contributed by atoms with E-state index in [0.717, 1.165) is 52.1 Å². The molecule has 0 aromatic carbocycles. The number of morpholine rings is 1. The molecule has 1 saturated carbocycles. The normalized spacial score (nSPS) is 26.1. The second-order valence-electron chi connectivity index (χ2n) is 5.51. The van der Waals surface area contributed by atoms with Gasteiger partial charge in [-0.3, -0.25) is 4.90 Å². The minimum absolute atomic E-state index is 0.0190. The second kappa shape index (κ2) is 6.37. The average Bonchev–Trinajstić information content (AvgIpc) is 2.64. The van der Waals surface area contributed by atoms with E-state index in [0.29, 0.717) is 0 Å². The maximum Gasteiger partial charge on any atom is 0.0690 e. The van der Waals surface area contributed by atoms with Gasteiger partial charge in [-0.1, -0.05) is 25.7 Å². The first-order chi connectivity index (χ1) is 8.35. The highest BCUT2D eigenvalue weighted by atomic mass is 16.5. The van der Waals surface area contributed by atoms with E-state index in [-0.39, 0.29) is 5.41 Å². The van der Waals surface area contributed by atoms with Crippen LogP contribution >= 0.6 is 0 Å². The summed E-state index contributed by atoms with van der Waals surface area (Å²) in [7, 11) is 0. The van der Waals surface area contributed by atoms with Gasteiger partial charge >= 0.3 is 0 Å². The molecular formula is C14H24N2O. The lowest BCUT2D eigenvalue weighted by Crippen LogP contribution is -2.38. The minimum Gasteiger partial charge on any atom is -0.379 e. The molecule has 0 unspecified atom stereocenters. The topological polar surface area (TPSA) is 36.3 Å². The summed E-state index contributed by atoms with van der Waals surface area (Å²) in [6.07, 6.45) is 8.43. The fourth-order valence-corrected chi connectivity index (χ4v) is 3.02. The monoisotopic (exact) mass is 236 g/mol. The van der Waals surface area contributed by atoms with Crippen molar-refractivity contribution in [3.63, 3.8) is 0 Å². The zero-order chi connectivity index (χ0) is 12.0. The quantitative estimate of drug-likeness (QED) is 0.707. The predicted molar refractivity (Wildman–Crippen MR) is 67.6 cm³/mol. The van der Waals surface area contributed by atoms with Crippen LogP contribution in [0.25, 0.3) is 0 Å². The zero-order valence-electron chi connectivity index (χ0n) is 10.8. The Bertz CT molecular complexity index is 258. The van der Waals surface area contributed by atoms with Gasteiger partial charge in [-0.05, 0) is 25.8 Å². The molecule has 0 aromatic rings. The maximum atomic E-state index is 9.50. The van der Waals surface area contributed by atoms with Crippen LogP contribution in [0.5, 0.6) is 0 Å². The van der Waals surface area contributed by atoms with Crippen molar-refractivity contribution in [1.82, 2.24) is 4.90 Å². The molecule has 0 spiro atoms. The van der Waals surface area contributed by atoms with Gasteiger partial charge in [0.15, 0.2) is 0 Å². The molecular weight excluding hydrogens is 212 g/mol. The van der Waals surface area contributed by atoms with Crippen molar-refractivity contribution in [2.24, 2.45) is 5.41 Å². The van der Waals surface area contributed by atoms with Crippen molar-refractivity contribution in [2.45, 2.75) is 44.9 Å². The molecule has 0 aromatic heterocycles. The van der Waals surface area contributed by atoms with E-state index in [1.54, 1.807) is 0 Å². The Morgan fingerprint density at radius 1 is 1.06 bits per heavy atom. The van der Waals surface area contributed by atoms with E-state index < -0.39 is 0 Å². The molecule has 1 saturated heterocycles. The van der Waals surface area contributed by atoms with Gasteiger partial charge in [-0.25, -0.2) is 0 Å². The molecule has 96 valence electrons. The van der Waals surface area contributed by atoms with Crippen LogP contribution in [0.2, 0.25) is 0 Å². The summed E-state index contributed by atoms with van der Waals surface area (Å²) in [6.45, 7) is 4.89. The van der Waals surface area contributed by atoms with Crippen LogP contribution in [0.3, 0.4) is 0 Å². The Morgan fingerprint density at radius 3 is 2.29 bits per heavy atom. The first-order valence-electron chi connectivity index (χ1n) is 7.06. The predicted octanol–water partition coefficient (Wildman–Crippen LogP) is 2.57. The van der Waals surface area contributed by atoms with Gasteiger partial charge in [-0.2, -0.15) is 5.26 Å². The van der Waals surface area contributed by atoms with Gasteiger partial charge in [-0.15, -0.1) is 0 Å². The Morgan fingerprint density at radius 2 is 1.71 bits per heavy atom. The minimum atomic E-state index is -0.0190. The van der Waals surface area contributed by atoms with E-state index in [2.05, 4.69) is 11.0 Å². The Labute approximate surface area is 105 Å². The largest absolute Gasteiger partial charge is 0.379 e. The highest BCUT2D eigenvalue weighted by Crippen LogP contribution is 2.37. The van der Waals surface area contributed by atoms with Crippen molar-refractivity contribution >= 4 is 0 Å². The van der Waals surface area contributed by atoms with Gasteiger partial charge in [0.2, 0.25) is 0 Å². The maximum absolute atomic E-state index is 9.50. The Kier molecular flexibility index (Phi) is 4.82. The summed E-state index contributed by atoms with van der Waals surface area (Å²) in [5.41, 5.74) is -0.0190. The summed E-state index contributed by atoms with van der Waals surface area (Å²) >= 11 is 0. The molecule has 0 amide bonds. The smallest absolute Gasteiger partial charge is 0.0690 e.